The maximum absolute atomic E-state index is 12.4. The molecule has 0 radical (unpaired) electrons. The zero-order valence-electron chi connectivity index (χ0n) is 16.2. The highest BCUT2D eigenvalue weighted by Gasteiger charge is 2.17. The molecule has 0 unspecified atom stereocenters. The molecule has 7 heteroatoms. The van der Waals surface area contributed by atoms with Gasteiger partial charge in [-0.25, -0.2) is 4.79 Å². The van der Waals surface area contributed by atoms with Gasteiger partial charge in [-0.3, -0.25) is 19.9 Å². The number of carbonyl (C=O) groups is 2. The van der Waals surface area contributed by atoms with E-state index in [9.17, 15) is 9.59 Å². The number of anilines is 1. The number of benzene rings is 1. The van der Waals surface area contributed by atoms with Crippen LogP contribution in [0, 0.1) is 0 Å². The first-order valence-electron chi connectivity index (χ1n) is 9.80. The fourth-order valence-electron chi connectivity index (χ4n) is 3.47. The second kappa shape index (κ2) is 9.82. The summed E-state index contributed by atoms with van der Waals surface area (Å²) in [6.07, 6.45) is 2.00. The van der Waals surface area contributed by atoms with Crippen molar-refractivity contribution in [1.29, 1.82) is 0 Å². The molecule has 0 atom stereocenters. The van der Waals surface area contributed by atoms with Crippen LogP contribution in [-0.4, -0.2) is 92.6 Å². The number of likely N-dealkylation sites (N-methyl/N-ethyl adjacent to an activating group) is 1. The fourth-order valence-corrected chi connectivity index (χ4v) is 3.47. The van der Waals surface area contributed by atoms with Crippen LogP contribution < -0.4 is 5.32 Å². The van der Waals surface area contributed by atoms with Gasteiger partial charge in [0.05, 0.1) is 6.54 Å². The van der Waals surface area contributed by atoms with E-state index in [2.05, 4.69) is 27.1 Å². The van der Waals surface area contributed by atoms with E-state index >= 15 is 0 Å². The summed E-state index contributed by atoms with van der Waals surface area (Å²) in [5.41, 5.74) is 1.30. The highest BCUT2D eigenvalue weighted by molar-refractivity contribution is 5.98. The topological polar surface area (TPSA) is 65.1 Å². The Hall–Kier alpha value is -1.96. The number of nitrogens with zero attached hydrogens (tertiary/aromatic N) is 3. The lowest BCUT2D eigenvalue weighted by Gasteiger charge is -2.31. The van der Waals surface area contributed by atoms with Gasteiger partial charge >= 0.3 is 6.09 Å². The lowest BCUT2D eigenvalue weighted by Crippen LogP contribution is -2.46. The summed E-state index contributed by atoms with van der Waals surface area (Å²) < 4.78 is 5.23. The average Bonchev–Trinajstić information content (AvgIpc) is 3.17. The van der Waals surface area contributed by atoms with Gasteiger partial charge in [0.15, 0.2) is 5.78 Å². The molecule has 1 aromatic rings. The molecule has 2 heterocycles. The monoisotopic (exact) mass is 374 g/mol. The minimum atomic E-state index is -0.453. The molecular weight excluding hydrogens is 344 g/mol. The Kier molecular flexibility index (Phi) is 7.20. The second-order valence-electron chi connectivity index (χ2n) is 7.39. The van der Waals surface area contributed by atoms with Crippen molar-refractivity contribution in [3.8, 4) is 0 Å². The van der Waals surface area contributed by atoms with Crippen molar-refractivity contribution in [3.05, 3.63) is 29.8 Å². The summed E-state index contributed by atoms with van der Waals surface area (Å²) >= 11 is 0. The smallest absolute Gasteiger partial charge is 0.411 e. The third kappa shape index (κ3) is 6.30. The average molecular weight is 374 g/mol. The largest absolute Gasteiger partial charge is 0.448 e. The molecular formula is C20H30N4O3. The summed E-state index contributed by atoms with van der Waals surface area (Å²) in [7, 11) is 2.10. The van der Waals surface area contributed by atoms with Gasteiger partial charge in [-0.05, 0) is 57.2 Å². The molecule has 148 valence electrons. The summed E-state index contributed by atoms with van der Waals surface area (Å²) in [6.45, 7) is 7.64. The van der Waals surface area contributed by atoms with Crippen LogP contribution in [0.2, 0.25) is 0 Å². The molecule has 2 fully saturated rings. The van der Waals surface area contributed by atoms with Crippen molar-refractivity contribution >= 4 is 17.6 Å². The lowest BCUT2D eigenvalue weighted by molar-refractivity contribution is 0.0876. The molecule has 1 N–H and O–H groups in total. The van der Waals surface area contributed by atoms with Crippen molar-refractivity contribution in [1.82, 2.24) is 14.7 Å². The molecule has 7 nitrogen and oxygen atoms in total. The Morgan fingerprint density at radius 1 is 0.963 bits per heavy atom. The van der Waals surface area contributed by atoms with Crippen molar-refractivity contribution in [2.75, 3.05) is 71.3 Å². The van der Waals surface area contributed by atoms with Gasteiger partial charge < -0.3 is 9.64 Å². The number of hydrogen-bond acceptors (Lipinski definition) is 6. The Morgan fingerprint density at radius 3 is 2.30 bits per heavy atom. The first kappa shape index (κ1) is 19.8. The van der Waals surface area contributed by atoms with Crippen molar-refractivity contribution in [2.24, 2.45) is 0 Å². The first-order chi connectivity index (χ1) is 13.1. The number of ketones is 1. The van der Waals surface area contributed by atoms with E-state index in [0.717, 1.165) is 45.8 Å². The Labute approximate surface area is 161 Å². The van der Waals surface area contributed by atoms with Gasteiger partial charge in [0, 0.05) is 44.0 Å². The molecule has 0 aliphatic carbocycles. The van der Waals surface area contributed by atoms with Gasteiger partial charge in [0.2, 0.25) is 0 Å². The normalized spacial score (nSPS) is 19.1. The summed E-state index contributed by atoms with van der Waals surface area (Å²) in [6, 6.07) is 7.02. The minimum Gasteiger partial charge on any atom is -0.448 e. The minimum absolute atomic E-state index is 0.110. The number of amides is 1. The Morgan fingerprint density at radius 2 is 1.63 bits per heavy atom. The maximum Gasteiger partial charge on any atom is 0.411 e. The van der Waals surface area contributed by atoms with Crippen molar-refractivity contribution < 1.29 is 14.3 Å². The van der Waals surface area contributed by atoms with Crippen molar-refractivity contribution in [2.45, 2.75) is 12.8 Å². The van der Waals surface area contributed by atoms with Crippen LogP contribution in [-0.2, 0) is 4.74 Å². The molecule has 0 saturated carbocycles. The molecule has 2 saturated heterocycles. The summed E-state index contributed by atoms with van der Waals surface area (Å²) in [4.78, 5) is 31.0. The number of Topliss-reactive ketones (excluding diaryl/α,β-unsaturated/α-hetero) is 1. The number of piperazine rings is 1. The number of likely N-dealkylation sites (tertiary alicyclic amines) is 1. The lowest BCUT2D eigenvalue weighted by atomic mass is 10.1. The molecule has 0 spiro atoms. The van der Waals surface area contributed by atoms with Gasteiger partial charge in [-0.2, -0.15) is 0 Å². The van der Waals surface area contributed by atoms with Crippen molar-refractivity contribution in [3.63, 3.8) is 0 Å². The van der Waals surface area contributed by atoms with Gasteiger partial charge in [-0.1, -0.05) is 0 Å². The predicted molar refractivity (Wildman–Crippen MR) is 105 cm³/mol. The third-order valence-corrected chi connectivity index (χ3v) is 5.26. The molecule has 0 bridgehead atoms. The van der Waals surface area contributed by atoms with E-state index in [0.29, 0.717) is 24.4 Å². The molecule has 27 heavy (non-hydrogen) atoms. The maximum atomic E-state index is 12.4. The summed E-state index contributed by atoms with van der Waals surface area (Å²) in [5.74, 6) is 0.110. The van der Waals surface area contributed by atoms with E-state index in [-0.39, 0.29) is 5.78 Å². The third-order valence-electron chi connectivity index (χ3n) is 5.26. The number of carbonyl (C=O) groups excluding carboxylic acids is 2. The second-order valence-corrected chi connectivity index (χ2v) is 7.39. The van der Waals surface area contributed by atoms with Crippen LogP contribution in [0.25, 0.3) is 0 Å². The zero-order chi connectivity index (χ0) is 19.1. The predicted octanol–water partition coefficient (Wildman–Crippen LogP) is 1.76. The van der Waals surface area contributed by atoms with Gasteiger partial charge in [0.1, 0.15) is 6.61 Å². The molecule has 1 amide bonds. The Bertz CT molecular complexity index is 621. The van der Waals surface area contributed by atoms with Crippen LogP contribution in [0.15, 0.2) is 24.3 Å². The molecule has 0 aromatic heterocycles. The van der Waals surface area contributed by atoms with E-state index < -0.39 is 6.09 Å². The SMILES string of the molecule is CN1CCN(CC(=O)c2ccc(NC(=O)OCCN3CCCC3)cc2)CC1. The molecule has 2 aliphatic heterocycles. The molecule has 3 rings (SSSR count). The Balaban J connectivity index is 1.39. The highest BCUT2D eigenvalue weighted by atomic mass is 16.5. The first-order valence-corrected chi connectivity index (χ1v) is 9.80. The summed E-state index contributed by atoms with van der Waals surface area (Å²) in [5, 5.41) is 2.71. The van der Waals surface area contributed by atoms with Crippen LogP contribution in [0.1, 0.15) is 23.2 Å². The highest BCUT2D eigenvalue weighted by Crippen LogP contribution is 2.12. The molecule has 2 aliphatic rings. The van der Waals surface area contributed by atoms with Gasteiger partial charge in [0.25, 0.3) is 0 Å². The van der Waals surface area contributed by atoms with Crippen LogP contribution in [0.4, 0.5) is 10.5 Å². The van der Waals surface area contributed by atoms with E-state index in [1.807, 2.05) is 0 Å². The number of hydrogen-bond donors (Lipinski definition) is 1. The standard InChI is InChI=1S/C20H30N4O3/c1-22-10-12-24(13-11-22)16-19(25)17-4-6-18(7-5-17)21-20(26)27-15-14-23-8-2-3-9-23/h4-7H,2-3,8-16H2,1H3,(H,21,26). The van der Waals surface area contributed by atoms with Crippen LogP contribution in [0.5, 0.6) is 0 Å². The van der Waals surface area contributed by atoms with E-state index in [1.54, 1.807) is 24.3 Å². The molecule has 1 aromatic carbocycles. The zero-order valence-corrected chi connectivity index (χ0v) is 16.2. The number of ether oxygens (including phenoxy) is 1. The fraction of sp³-hybridized carbons (Fsp3) is 0.600. The van der Waals surface area contributed by atoms with Gasteiger partial charge in [-0.15, -0.1) is 0 Å². The van der Waals surface area contributed by atoms with Crippen LogP contribution >= 0.6 is 0 Å². The van der Waals surface area contributed by atoms with E-state index in [4.69, 9.17) is 4.74 Å². The number of nitrogens with one attached hydrogen (secondary N) is 1. The number of rotatable bonds is 7. The quantitative estimate of drug-likeness (QED) is 0.734. The van der Waals surface area contributed by atoms with E-state index in [1.165, 1.54) is 12.8 Å². The van der Waals surface area contributed by atoms with Crippen LogP contribution in [0.3, 0.4) is 0 Å².